The summed E-state index contributed by atoms with van der Waals surface area (Å²) in [4.78, 5) is 32.0. The number of nitrogens with one attached hydrogen (secondary N) is 1. The molecule has 0 bridgehead atoms. The second-order valence-corrected chi connectivity index (χ2v) is 7.86. The van der Waals surface area contributed by atoms with Crippen molar-refractivity contribution < 1.29 is 34.4 Å². The van der Waals surface area contributed by atoms with Crippen molar-refractivity contribution in [2.24, 2.45) is 22.6 Å². The van der Waals surface area contributed by atoms with Crippen molar-refractivity contribution in [3.8, 4) is 5.75 Å². The van der Waals surface area contributed by atoms with Crippen molar-refractivity contribution in [2.45, 2.75) is 31.3 Å². The lowest BCUT2D eigenvalue weighted by Gasteiger charge is -2.28. The lowest BCUT2D eigenvalue weighted by Crippen LogP contribution is -2.48. The number of carboxylic acid groups (broad SMARTS) is 3. The maximum Gasteiger partial charge on any atom is 0.335 e. The lowest BCUT2D eigenvalue weighted by atomic mass is 9.79. The Labute approximate surface area is 198 Å². The van der Waals surface area contributed by atoms with Crippen molar-refractivity contribution in [1.29, 1.82) is 0 Å². The van der Waals surface area contributed by atoms with Crippen LogP contribution in [-0.2, 0) is 9.59 Å². The van der Waals surface area contributed by atoms with Crippen LogP contribution in [0.25, 0.3) is 0 Å². The highest BCUT2D eigenvalue weighted by molar-refractivity contribution is 5.87. The normalized spacial score (nSPS) is 17.3. The minimum Gasteiger partial charge on any atom is -0.492 e. The smallest absolute Gasteiger partial charge is 0.335 e. The Balaban J connectivity index is 0.000000276. The monoisotopic (exact) mass is 478 g/mol. The molecule has 1 aromatic carbocycles. The highest BCUT2D eigenvalue weighted by atomic mass is 16.5. The van der Waals surface area contributed by atoms with E-state index in [9.17, 15) is 14.4 Å². The summed E-state index contributed by atoms with van der Waals surface area (Å²) >= 11 is 0. The molecule has 1 heterocycles. The van der Waals surface area contributed by atoms with E-state index in [4.69, 9.17) is 37.3 Å². The number of piperidine rings is 1. The van der Waals surface area contributed by atoms with E-state index in [1.807, 2.05) is 0 Å². The van der Waals surface area contributed by atoms with Crippen molar-refractivity contribution in [1.82, 2.24) is 5.32 Å². The van der Waals surface area contributed by atoms with Crippen LogP contribution >= 0.6 is 0 Å². The molecule has 11 heteroatoms. The first kappa shape index (κ1) is 28.8. The minimum absolute atomic E-state index is 0.250. The molecule has 0 radical (unpaired) electrons. The van der Waals surface area contributed by atoms with Crippen LogP contribution in [0.4, 0.5) is 0 Å². The number of hydrogen-bond acceptors (Lipinski definition) is 8. The topological polar surface area (TPSA) is 211 Å². The van der Waals surface area contributed by atoms with Gasteiger partial charge in [0.2, 0.25) is 0 Å². The van der Waals surface area contributed by atoms with Gasteiger partial charge in [0, 0.05) is 6.54 Å². The van der Waals surface area contributed by atoms with Gasteiger partial charge in [-0.05, 0) is 62.3 Å². The predicted molar refractivity (Wildman–Crippen MR) is 126 cm³/mol. The highest BCUT2D eigenvalue weighted by Crippen LogP contribution is 2.31. The molecule has 11 nitrogen and oxygen atoms in total. The van der Waals surface area contributed by atoms with E-state index in [0.29, 0.717) is 18.9 Å². The van der Waals surface area contributed by atoms with Gasteiger partial charge in [0.25, 0.3) is 0 Å². The summed E-state index contributed by atoms with van der Waals surface area (Å²) in [5.41, 5.74) is 13.7. The Hall–Kier alpha value is -3.25. The molecule has 1 fully saturated rings. The van der Waals surface area contributed by atoms with Gasteiger partial charge < -0.3 is 42.6 Å². The van der Waals surface area contributed by atoms with Gasteiger partial charge in [-0.3, -0.25) is 9.59 Å². The van der Waals surface area contributed by atoms with E-state index in [-0.39, 0.29) is 5.56 Å². The third-order valence-corrected chi connectivity index (χ3v) is 4.88. The van der Waals surface area contributed by atoms with Gasteiger partial charge in [-0.1, -0.05) is 18.6 Å². The molecule has 10 N–H and O–H groups in total. The molecular formula is C23H34N4O7. The molecule has 2 aliphatic rings. The summed E-state index contributed by atoms with van der Waals surface area (Å²) in [7, 11) is 0. The van der Waals surface area contributed by atoms with Gasteiger partial charge in [-0.25, -0.2) is 4.79 Å². The van der Waals surface area contributed by atoms with Crippen LogP contribution in [0.2, 0.25) is 0 Å². The van der Waals surface area contributed by atoms with Crippen LogP contribution in [0.1, 0.15) is 36.0 Å². The zero-order valence-electron chi connectivity index (χ0n) is 19.0. The van der Waals surface area contributed by atoms with Gasteiger partial charge in [0.15, 0.2) is 0 Å². The maximum absolute atomic E-state index is 11.0. The molecular weight excluding hydrogens is 444 g/mol. The van der Waals surface area contributed by atoms with Gasteiger partial charge in [-0.15, -0.1) is 0 Å². The first-order valence-electron chi connectivity index (χ1n) is 10.8. The van der Waals surface area contributed by atoms with Gasteiger partial charge in [0.1, 0.15) is 23.4 Å². The third-order valence-electron chi connectivity index (χ3n) is 4.88. The number of carbonyl (C=O) groups is 3. The second kappa shape index (κ2) is 14.1. The summed E-state index contributed by atoms with van der Waals surface area (Å²) in [5.74, 6) is -2.75. The fourth-order valence-corrected chi connectivity index (χ4v) is 2.96. The number of carboxylic acids is 3. The van der Waals surface area contributed by atoms with Crippen molar-refractivity contribution in [3.05, 3.63) is 54.1 Å². The van der Waals surface area contributed by atoms with E-state index < -0.39 is 35.4 Å². The first-order valence-corrected chi connectivity index (χ1v) is 10.8. The molecule has 1 saturated heterocycles. The fourth-order valence-electron chi connectivity index (χ4n) is 2.96. The van der Waals surface area contributed by atoms with E-state index in [1.165, 1.54) is 68.8 Å². The average molecular weight is 479 g/mol. The molecule has 0 aromatic heterocycles. The summed E-state index contributed by atoms with van der Waals surface area (Å²) in [6, 6.07) is 6.21. The minimum atomic E-state index is -1.55. The van der Waals surface area contributed by atoms with Crippen LogP contribution in [-0.4, -0.2) is 65.1 Å². The molecule has 1 aromatic rings. The quantitative estimate of drug-likeness (QED) is 0.215. The van der Waals surface area contributed by atoms with Crippen molar-refractivity contribution >= 4 is 17.9 Å². The Morgan fingerprint density at radius 1 is 0.912 bits per heavy atom. The molecule has 34 heavy (non-hydrogen) atoms. The summed E-state index contributed by atoms with van der Waals surface area (Å²) in [5, 5.41) is 29.5. The molecule has 0 saturated carbocycles. The first-order chi connectivity index (χ1) is 16.0. The maximum atomic E-state index is 11.0. The van der Waals surface area contributed by atoms with Gasteiger partial charge in [0.05, 0.1) is 12.0 Å². The van der Waals surface area contributed by atoms with Crippen molar-refractivity contribution in [3.63, 3.8) is 0 Å². The van der Waals surface area contributed by atoms with Gasteiger partial charge in [-0.2, -0.15) is 0 Å². The molecule has 0 unspecified atom stereocenters. The standard InChI is InChI=1S/C9H12N2O4.C9H11NO3.C5H11N/c10-9(11)3-1-8(2-4-9,7(14)15)5-6(12)13;10-5-6-13-8-3-1-7(2-4-8)9(11)12;1-2-4-6-5-3-1/h1-4H,5,10-11H2,(H,12,13)(H,14,15);1-4H,5-6,10H2,(H,11,12);6H,1-5H2. The van der Waals surface area contributed by atoms with E-state index in [1.54, 1.807) is 12.1 Å². The molecule has 0 atom stereocenters. The number of aliphatic carboxylic acids is 2. The van der Waals surface area contributed by atoms with Crippen molar-refractivity contribution in [2.75, 3.05) is 26.2 Å². The Morgan fingerprint density at radius 3 is 1.82 bits per heavy atom. The molecule has 188 valence electrons. The van der Waals surface area contributed by atoms with Crippen LogP contribution in [0.3, 0.4) is 0 Å². The Bertz CT molecular complexity index is 835. The summed E-state index contributed by atoms with van der Waals surface area (Å²) in [6.07, 6.45) is 8.67. The third kappa shape index (κ3) is 10.6. The Kier molecular flexibility index (Phi) is 11.9. The molecule has 0 amide bonds. The van der Waals surface area contributed by atoms with Gasteiger partial charge >= 0.3 is 17.9 Å². The van der Waals surface area contributed by atoms with E-state index >= 15 is 0 Å². The number of ether oxygens (including phenoxy) is 1. The second-order valence-electron chi connectivity index (χ2n) is 7.86. The number of nitrogens with two attached hydrogens (primary N) is 3. The summed E-state index contributed by atoms with van der Waals surface area (Å²) in [6.45, 7) is 3.38. The summed E-state index contributed by atoms with van der Waals surface area (Å²) < 4.78 is 5.17. The SMILES string of the molecule is C1CCNCC1.NC1(N)C=CC(CC(=O)O)(C(=O)O)C=C1.NCCOc1ccc(C(=O)O)cc1. The number of benzene rings is 1. The largest absolute Gasteiger partial charge is 0.492 e. The zero-order chi connectivity index (χ0) is 25.6. The molecule has 1 aliphatic heterocycles. The highest BCUT2D eigenvalue weighted by Gasteiger charge is 2.39. The number of hydrogen-bond donors (Lipinski definition) is 7. The predicted octanol–water partition coefficient (Wildman–Crippen LogP) is 0.754. The van der Waals surface area contributed by atoms with Crippen LogP contribution < -0.4 is 27.3 Å². The Morgan fingerprint density at radius 2 is 1.47 bits per heavy atom. The fraction of sp³-hybridized carbons (Fsp3) is 0.435. The molecule has 3 rings (SSSR count). The number of rotatable bonds is 7. The lowest BCUT2D eigenvalue weighted by molar-refractivity contribution is -0.150. The zero-order valence-corrected chi connectivity index (χ0v) is 19.0. The van der Waals surface area contributed by atoms with E-state index in [2.05, 4.69) is 5.32 Å². The van der Waals surface area contributed by atoms with Crippen LogP contribution in [0, 0.1) is 5.41 Å². The van der Waals surface area contributed by atoms with Crippen LogP contribution in [0.15, 0.2) is 48.6 Å². The molecule has 1 aliphatic carbocycles. The van der Waals surface area contributed by atoms with Crippen LogP contribution in [0.5, 0.6) is 5.75 Å². The average Bonchev–Trinajstić information content (AvgIpc) is 2.81. The molecule has 0 spiro atoms. The van der Waals surface area contributed by atoms with E-state index in [0.717, 1.165) is 0 Å². The number of aromatic carboxylic acids is 1.